The smallest absolute Gasteiger partial charge is 0.214 e. The van der Waals surface area contributed by atoms with Crippen molar-refractivity contribution in [3.8, 4) is 5.88 Å². The molecule has 1 atom stereocenters. The summed E-state index contributed by atoms with van der Waals surface area (Å²) in [4.78, 5) is 6.29. The topological polar surface area (TPSA) is 54.8 Å². The van der Waals surface area contributed by atoms with Crippen molar-refractivity contribution in [1.29, 1.82) is 0 Å². The Morgan fingerprint density at radius 2 is 2.39 bits per heavy atom. The highest BCUT2D eigenvalue weighted by atomic mass is 16.5. The van der Waals surface area contributed by atoms with Gasteiger partial charge in [0.25, 0.3) is 0 Å². The number of nitrogens with zero attached hydrogens (tertiary/aromatic N) is 2. The Bertz CT molecular complexity index is 409. The van der Waals surface area contributed by atoms with Crippen LogP contribution in [0.15, 0.2) is 18.3 Å². The summed E-state index contributed by atoms with van der Waals surface area (Å²) in [6.45, 7) is 5.53. The Morgan fingerprint density at radius 1 is 1.61 bits per heavy atom. The zero-order chi connectivity index (χ0) is 13.2. The van der Waals surface area contributed by atoms with Crippen molar-refractivity contribution >= 4 is 5.69 Å². The third kappa shape index (κ3) is 2.91. The van der Waals surface area contributed by atoms with Gasteiger partial charge in [-0.25, -0.2) is 4.98 Å². The van der Waals surface area contributed by atoms with Crippen LogP contribution in [0, 0.1) is 0 Å². The van der Waals surface area contributed by atoms with E-state index in [1.807, 2.05) is 26.0 Å². The van der Waals surface area contributed by atoms with Crippen LogP contribution in [-0.2, 0) is 4.74 Å². The van der Waals surface area contributed by atoms with Crippen molar-refractivity contribution in [2.24, 2.45) is 0 Å². The molecule has 5 heteroatoms. The molecular formula is C13H20N2O3. The largest absolute Gasteiger partial charge is 0.481 e. The normalized spacial score (nSPS) is 22.9. The zero-order valence-electron chi connectivity index (χ0n) is 11.1. The molecule has 1 aromatic rings. The van der Waals surface area contributed by atoms with Gasteiger partial charge in [0.05, 0.1) is 25.4 Å². The molecule has 0 aromatic carbocycles. The van der Waals surface area contributed by atoms with Gasteiger partial charge < -0.3 is 19.5 Å². The maximum atomic E-state index is 9.30. The lowest BCUT2D eigenvalue weighted by molar-refractivity contribution is -0.101. The summed E-state index contributed by atoms with van der Waals surface area (Å²) in [5, 5.41) is 9.30. The van der Waals surface area contributed by atoms with Gasteiger partial charge in [-0.15, -0.1) is 0 Å². The van der Waals surface area contributed by atoms with Crippen molar-refractivity contribution in [3.05, 3.63) is 18.3 Å². The lowest BCUT2D eigenvalue weighted by atomic mass is 10.0. The van der Waals surface area contributed by atoms with Crippen molar-refractivity contribution < 1.29 is 14.6 Å². The molecule has 1 fully saturated rings. The molecule has 0 amide bonds. The number of aliphatic hydroxyl groups is 1. The van der Waals surface area contributed by atoms with Gasteiger partial charge in [0.15, 0.2) is 0 Å². The molecule has 18 heavy (non-hydrogen) atoms. The first-order valence-electron chi connectivity index (χ1n) is 6.08. The van der Waals surface area contributed by atoms with E-state index in [0.29, 0.717) is 12.4 Å². The van der Waals surface area contributed by atoms with E-state index in [-0.39, 0.29) is 18.3 Å². The molecule has 0 saturated carbocycles. The third-order valence-electron chi connectivity index (χ3n) is 2.98. The van der Waals surface area contributed by atoms with E-state index in [0.717, 1.165) is 12.2 Å². The number of aromatic nitrogens is 1. The number of hydrogen-bond acceptors (Lipinski definition) is 5. The predicted octanol–water partition coefficient (Wildman–Crippen LogP) is 1.07. The van der Waals surface area contributed by atoms with Crippen LogP contribution in [0.3, 0.4) is 0 Å². The van der Waals surface area contributed by atoms with Gasteiger partial charge >= 0.3 is 0 Å². The maximum absolute atomic E-state index is 9.30. The average Bonchev–Trinajstić information content (AvgIpc) is 2.37. The Kier molecular flexibility index (Phi) is 3.73. The highest BCUT2D eigenvalue weighted by Crippen LogP contribution is 2.27. The lowest BCUT2D eigenvalue weighted by Gasteiger charge is -2.43. The fraction of sp³-hybridized carbons (Fsp3) is 0.615. The Balaban J connectivity index is 2.20. The van der Waals surface area contributed by atoms with Crippen LogP contribution < -0.4 is 9.64 Å². The molecule has 1 aliphatic heterocycles. The van der Waals surface area contributed by atoms with Crippen LogP contribution >= 0.6 is 0 Å². The van der Waals surface area contributed by atoms with Gasteiger partial charge in [-0.3, -0.25) is 0 Å². The maximum Gasteiger partial charge on any atom is 0.214 e. The van der Waals surface area contributed by atoms with E-state index in [4.69, 9.17) is 9.47 Å². The molecule has 0 aliphatic carbocycles. The molecule has 1 N–H and O–H groups in total. The van der Waals surface area contributed by atoms with Crippen molar-refractivity contribution in [3.63, 3.8) is 0 Å². The van der Waals surface area contributed by atoms with Gasteiger partial charge in [-0.05, 0) is 19.9 Å². The highest BCUT2D eigenvalue weighted by molar-refractivity contribution is 5.49. The number of ether oxygens (including phenoxy) is 2. The monoisotopic (exact) mass is 252 g/mol. The minimum Gasteiger partial charge on any atom is -0.481 e. The molecule has 100 valence electrons. The molecule has 0 spiro atoms. The van der Waals surface area contributed by atoms with E-state index < -0.39 is 0 Å². The molecule has 5 nitrogen and oxygen atoms in total. The van der Waals surface area contributed by atoms with Gasteiger partial charge in [-0.1, -0.05) is 0 Å². The SMILES string of the molecule is COc1cc(N2CC(CO)OC(C)(C)C2)ccn1. The van der Waals surface area contributed by atoms with E-state index in [1.165, 1.54) is 0 Å². The molecular weight excluding hydrogens is 232 g/mol. The molecule has 1 saturated heterocycles. The molecule has 2 heterocycles. The minimum absolute atomic E-state index is 0.0299. The summed E-state index contributed by atoms with van der Waals surface area (Å²) in [5.74, 6) is 0.595. The predicted molar refractivity (Wildman–Crippen MR) is 69.0 cm³/mol. The van der Waals surface area contributed by atoms with Gasteiger partial charge in [0.2, 0.25) is 5.88 Å². The number of methoxy groups -OCH3 is 1. The van der Waals surface area contributed by atoms with Crippen LogP contribution in [0.5, 0.6) is 5.88 Å². The highest BCUT2D eigenvalue weighted by Gasteiger charge is 2.33. The Labute approximate surface area is 107 Å². The van der Waals surface area contributed by atoms with Crippen LogP contribution in [0.4, 0.5) is 5.69 Å². The number of aliphatic hydroxyl groups excluding tert-OH is 1. The van der Waals surface area contributed by atoms with Gasteiger partial charge in [-0.2, -0.15) is 0 Å². The fourth-order valence-corrected chi connectivity index (χ4v) is 2.29. The first kappa shape index (κ1) is 13.1. The van der Waals surface area contributed by atoms with Crippen molar-refractivity contribution in [2.75, 3.05) is 31.7 Å². The number of morpholine rings is 1. The Morgan fingerprint density at radius 3 is 3.06 bits per heavy atom. The quantitative estimate of drug-likeness (QED) is 0.872. The molecule has 0 bridgehead atoms. The van der Waals surface area contributed by atoms with Crippen molar-refractivity contribution in [2.45, 2.75) is 25.6 Å². The third-order valence-corrected chi connectivity index (χ3v) is 2.98. The standard InChI is InChI=1S/C13H20N2O3/c1-13(2)9-15(7-11(8-16)18-13)10-4-5-14-12(6-10)17-3/h4-6,11,16H,7-9H2,1-3H3. The molecule has 0 radical (unpaired) electrons. The number of rotatable bonds is 3. The minimum atomic E-state index is -0.276. The molecule has 2 rings (SSSR count). The lowest BCUT2D eigenvalue weighted by Crippen LogP contribution is -2.54. The summed E-state index contributed by atoms with van der Waals surface area (Å²) in [6, 6.07) is 3.84. The molecule has 1 aromatic heterocycles. The van der Waals surface area contributed by atoms with Crippen LogP contribution in [-0.4, -0.2) is 48.6 Å². The average molecular weight is 252 g/mol. The Hall–Kier alpha value is -1.33. The molecule has 1 unspecified atom stereocenters. The van der Waals surface area contributed by atoms with Gasteiger partial charge in [0, 0.05) is 31.0 Å². The zero-order valence-corrected chi connectivity index (χ0v) is 11.1. The van der Waals surface area contributed by atoms with Crippen LogP contribution in [0.2, 0.25) is 0 Å². The second-order valence-corrected chi connectivity index (χ2v) is 5.12. The van der Waals surface area contributed by atoms with E-state index in [1.54, 1.807) is 13.3 Å². The number of hydrogen-bond donors (Lipinski definition) is 1. The number of anilines is 1. The van der Waals surface area contributed by atoms with Crippen LogP contribution in [0.1, 0.15) is 13.8 Å². The first-order chi connectivity index (χ1) is 8.54. The number of pyridine rings is 1. The summed E-state index contributed by atoms with van der Waals surface area (Å²) >= 11 is 0. The van der Waals surface area contributed by atoms with E-state index in [9.17, 15) is 5.11 Å². The van der Waals surface area contributed by atoms with E-state index in [2.05, 4.69) is 9.88 Å². The second kappa shape index (κ2) is 5.12. The second-order valence-electron chi connectivity index (χ2n) is 5.12. The van der Waals surface area contributed by atoms with Crippen molar-refractivity contribution in [1.82, 2.24) is 4.98 Å². The molecule has 1 aliphatic rings. The first-order valence-corrected chi connectivity index (χ1v) is 6.08. The summed E-state index contributed by atoms with van der Waals surface area (Å²) in [6.07, 6.45) is 1.57. The summed E-state index contributed by atoms with van der Waals surface area (Å²) in [7, 11) is 1.60. The summed E-state index contributed by atoms with van der Waals surface area (Å²) in [5.41, 5.74) is 0.763. The fourth-order valence-electron chi connectivity index (χ4n) is 2.29. The van der Waals surface area contributed by atoms with E-state index >= 15 is 0 Å². The van der Waals surface area contributed by atoms with Gasteiger partial charge in [0.1, 0.15) is 0 Å². The summed E-state index contributed by atoms with van der Waals surface area (Å²) < 4.78 is 10.9. The van der Waals surface area contributed by atoms with Crippen LogP contribution in [0.25, 0.3) is 0 Å².